The highest BCUT2D eigenvalue weighted by atomic mass is 16.3. The molecule has 0 spiro atoms. The van der Waals surface area contributed by atoms with Crippen LogP contribution >= 0.6 is 0 Å². The van der Waals surface area contributed by atoms with Crippen molar-refractivity contribution in [1.29, 1.82) is 0 Å². The number of nitrogens with zero attached hydrogens (tertiary/aromatic N) is 3. The van der Waals surface area contributed by atoms with Crippen LogP contribution in [-0.4, -0.2) is 41.2 Å². The molecule has 2 aromatic heterocycles. The number of aryl methyl sites for hydroxylation is 2. The first-order valence-electron chi connectivity index (χ1n) is 8.50. The molecule has 2 aromatic rings. The Kier molecular flexibility index (Phi) is 4.76. The lowest BCUT2D eigenvalue weighted by molar-refractivity contribution is 0.0933. The zero-order chi connectivity index (χ0) is 17.3. The Hall–Kier alpha value is -2.08. The number of amides is 1. The molecule has 130 valence electrons. The number of fused-ring (bicyclic) bond motifs is 1. The highest BCUT2D eigenvalue weighted by Gasteiger charge is 2.26. The highest BCUT2D eigenvalue weighted by Crippen LogP contribution is 2.24. The molecule has 1 aliphatic heterocycles. The van der Waals surface area contributed by atoms with Crippen molar-refractivity contribution in [2.75, 3.05) is 20.6 Å². The Morgan fingerprint density at radius 2 is 2.29 bits per heavy atom. The summed E-state index contributed by atoms with van der Waals surface area (Å²) in [6, 6.07) is 3.65. The van der Waals surface area contributed by atoms with Crippen LogP contribution in [0.4, 0.5) is 0 Å². The molecule has 3 heterocycles. The maximum atomic E-state index is 12.7. The first kappa shape index (κ1) is 16.8. The van der Waals surface area contributed by atoms with E-state index < -0.39 is 0 Å². The lowest BCUT2D eigenvalue weighted by atomic mass is 9.94. The maximum absolute atomic E-state index is 12.7. The van der Waals surface area contributed by atoms with Gasteiger partial charge < -0.3 is 14.6 Å². The fraction of sp³-hybridized carbons (Fsp3) is 0.556. The van der Waals surface area contributed by atoms with E-state index in [0.717, 1.165) is 43.1 Å². The van der Waals surface area contributed by atoms with Crippen molar-refractivity contribution in [3.05, 3.63) is 41.1 Å². The fourth-order valence-corrected chi connectivity index (χ4v) is 3.39. The standard InChI is InChI=1S/C18H26N4O2/c1-12-5-6-17(24-12)13(2)20-18(23)15-10-19-22-8-7-14(9-16(15)22)11-21(3)4/h5-6,10,13-14H,7-9,11H2,1-4H3,(H,20,23). The van der Waals surface area contributed by atoms with E-state index in [0.29, 0.717) is 11.5 Å². The average molecular weight is 330 g/mol. The number of nitrogens with one attached hydrogen (secondary N) is 1. The van der Waals surface area contributed by atoms with Gasteiger partial charge in [-0.3, -0.25) is 9.48 Å². The van der Waals surface area contributed by atoms with Crippen molar-refractivity contribution in [2.45, 2.75) is 39.3 Å². The molecule has 0 bridgehead atoms. The quantitative estimate of drug-likeness (QED) is 0.914. The van der Waals surface area contributed by atoms with Crippen LogP contribution in [-0.2, 0) is 13.0 Å². The normalized spacial score (nSPS) is 18.5. The molecule has 1 aliphatic rings. The smallest absolute Gasteiger partial charge is 0.255 e. The summed E-state index contributed by atoms with van der Waals surface area (Å²) in [6.07, 6.45) is 3.70. The van der Waals surface area contributed by atoms with Crippen LogP contribution in [0.3, 0.4) is 0 Å². The van der Waals surface area contributed by atoms with Crippen molar-refractivity contribution in [2.24, 2.45) is 5.92 Å². The lowest BCUT2D eigenvalue weighted by Crippen LogP contribution is -2.31. The molecule has 0 aromatic carbocycles. The minimum absolute atomic E-state index is 0.0803. The van der Waals surface area contributed by atoms with Crippen LogP contribution < -0.4 is 5.32 Å². The Balaban J connectivity index is 1.71. The van der Waals surface area contributed by atoms with Gasteiger partial charge in [-0.15, -0.1) is 0 Å². The van der Waals surface area contributed by atoms with Crippen molar-refractivity contribution < 1.29 is 9.21 Å². The summed E-state index contributed by atoms with van der Waals surface area (Å²) in [5.74, 6) is 2.11. The van der Waals surface area contributed by atoms with Gasteiger partial charge in [-0.1, -0.05) is 0 Å². The topological polar surface area (TPSA) is 63.3 Å². The van der Waals surface area contributed by atoms with Gasteiger partial charge in [0.15, 0.2) is 0 Å². The molecule has 24 heavy (non-hydrogen) atoms. The molecule has 3 rings (SSSR count). The summed E-state index contributed by atoms with van der Waals surface area (Å²) in [7, 11) is 4.18. The van der Waals surface area contributed by atoms with E-state index >= 15 is 0 Å². The van der Waals surface area contributed by atoms with Crippen LogP contribution in [0, 0.1) is 12.8 Å². The average Bonchev–Trinajstić information content (AvgIpc) is 3.12. The summed E-state index contributed by atoms with van der Waals surface area (Å²) >= 11 is 0. The van der Waals surface area contributed by atoms with Gasteiger partial charge >= 0.3 is 0 Å². The Bertz CT molecular complexity index is 716. The third kappa shape index (κ3) is 3.53. The number of aromatic nitrogens is 2. The summed E-state index contributed by atoms with van der Waals surface area (Å²) in [4.78, 5) is 14.9. The van der Waals surface area contributed by atoms with E-state index in [4.69, 9.17) is 4.42 Å². The number of carbonyl (C=O) groups is 1. The van der Waals surface area contributed by atoms with Crippen LogP contribution in [0.1, 0.15) is 47.0 Å². The van der Waals surface area contributed by atoms with Crippen LogP contribution in [0.25, 0.3) is 0 Å². The number of hydrogen-bond donors (Lipinski definition) is 1. The van der Waals surface area contributed by atoms with Gasteiger partial charge in [0.05, 0.1) is 23.5 Å². The monoisotopic (exact) mass is 330 g/mol. The number of furan rings is 1. The molecule has 0 aliphatic carbocycles. The number of hydrogen-bond acceptors (Lipinski definition) is 4. The predicted molar refractivity (Wildman–Crippen MR) is 91.9 cm³/mol. The Labute approximate surface area is 142 Å². The van der Waals surface area contributed by atoms with Gasteiger partial charge in [-0.25, -0.2) is 0 Å². The van der Waals surface area contributed by atoms with Gasteiger partial charge in [-0.2, -0.15) is 5.10 Å². The summed E-state index contributed by atoms with van der Waals surface area (Å²) in [6.45, 7) is 5.75. The molecule has 0 saturated carbocycles. The van der Waals surface area contributed by atoms with Gasteiger partial charge in [0.1, 0.15) is 11.5 Å². The molecule has 0 saturated heterocycles. The van der Waals surface area contributed by atoms with Gasteiger partial charge in [-0.05, 0) is 58.8 Å². The summed E-state index contributed by atoms with van der Waals surface area (Å²) in [5, 5.41) is 7.42. The second-order valence-electron chi connectivity index (χ2n) is 6.99. The molecule has 1 amide bonds. The van der Waals surface area contributed by atoms with Gasteiger partial charge in [0.2, 0.25) is 0 Å². The predicted octanol–water partition coefficient (Wildman–Crippen LogP) is 2.40. The molecule has 0 fully saturated rings. The van der Waals surface area contributed by atoms with Crippen molar-refractivity contribution >= 4 is 5.91 Å². The molecular formula is C18H26N4O2. The van der Waals surface area contributed by atoms with E-state index in [1.807, 2.05) is 30.7 Å². The van der Waals surface area contributed by atoms with E-state index in [2.05, 4.69) is 29.4 Å². The zero-order valence-electron chi connectivity index (χ0n) is 14.9. The van der Waals surface area contributed by atoms with Crippen molar-refractivity contribution in [3.8, 4) is 0 Å². The molecule has 1 N–H and O–H groups in total. The highest BCUT2D eigenvalue weighted by molar-refractivity contribution is 5.95. The molecule has 0 radical (unpaired) electrons. The second kappa shape index (κ2) is 6.81. The van der Waals surface area contributed by atoms with Crippen molar-refractivity contribution in [1.82, 2.24) is 20.0 Å². The maximum Gasteiger partial charge on any atom is 0.255 e. The third-order valence-corrected chi connectivity index (χ3v) is 4.58. The van der Waals surface area contributed by atoms with Gasteiger partial charge in [0.25, 0.3) is 5.91 Å². The Morgan fingerprint density at radius 1 is 1.50 bits per heavy atom. The molecule has 6 heteroatoms. The summed E-state index contributed by atoms with van der Waals surface area (Å²) < 4.78 is 7.57. The summed E-state index contributed by atoms with van der Waals surface area (Å²) in [5.41, 5.74) is 1.74. The first-order chi connectivity index (χ1) is 11.4. The SMILES string of the molecule is Cc1ccc(C(C)NC(=O)c2cnn3c2CC(CN(C)C)CC3)o1. The minimum Gasteiger partial charge on any atom is -0.464 e. The zero-order valence-corrected chi connectivity index (χ0v) is 14.9. The van der Waals surface area contributed by atoms with E-state index in [-0.39, 0.29) is 11.9 Å². The molecule has 2 atom stereocenters. The van der Waals surface area contributed by atoms with E-state index in [1.54, 1.807) is 6.20 Å². The van der Waals surface area contributed by atoms with Crippen molar-refractivity contribution in [3.63, 3.8) is 0 Å². The molecular weight excluding hydrogens is 304 g/mol. The number of rotatable bonds is 5. The van der Waals surface area contributed by atoms with E-state index in [1.165, 1.54) is 0 Å². The Morgan fingerprint density at radius 3 is 2.96 bits per heavy atom. The van der Waals surface area contributed by atoms with Crippen LogP contribution in [0.2, 0.25) is 0 Å². The minimum atomic E-state index is -0.164. The lowest BCUT2D eigenvalue weighted by Gasteiger charge is -2.26. The largest absolute Gasteiger partial charge is 0.464 e. The molecule has 6 nitrogen and oxygen atoms in total. The number of carbonyl (C=O) groups excluding carboxylic acids is 1. The van der Waals surface area contributed by atoms with Crippen LogP contribution in [0.15, 0.2) is 22.7 Å². The molecule has 2 unspecified atom stereocenters. The third-order valence-electron chi connectivity index (χ3n) is 4.58. The second-order valence-corrected chi connectivity index (χ2v) is 6.99. The van der Waals surface area contributed by atoms with Crippen LogP contribution in [0.5, 0.6) is 0 Å². The first-order valence-corrected chi connectivity index (χ1v) is 8.50. The fourth-order valence-electron chi connectivity index (χ4n) is 3.39. The van der Waals surface area contributed by atoms with E-state index in [9.17, 15) is 4.79 Å². The van der Waals surface area contributed by atoms with Gasteiger partial charge in [0, 0.05) is 13.1 Å².